The standard InChI is InChI=1S/C23H30N2O5/c1-4-28-16-19-10-8-7-9-18(19)14-24-22(26)15-25-23(27)17-11-12-20(29-5-2)21(13-17)30-6-3/h7-13H,4-6,14-16H2,1-3H3,(H,24,26)(H,25,27). The van der Waals surface area contributed by atoms with Crippen LogP contribution in [0, 0.1) is 0 Å². The Morgan fingerprint density at radius 3 is 2.23 bits per heavy atom. The van der Waals surface area contributed by atoms with Crippen molar-refractivity contribution in [3.05, 3.63) is 59.2 Å². The number of nitrogens with one attached hydrogen (secondary N) is 2. The molecule has 2 aromatic rings. The molecule has 0 aliphatic rings. The van der Waals surface area contributed by atoms with Crippen LogP contribution in [0.3, 0.4) is 0 Å². The molecular weight excluding hydrogens is 384 g/mol. The van der Waals surface area contributed by atoms with Gasteiger partial charge in [0.2, 0.25) is 5.91 Å². The highest BCUT2D eigenvalue weighted by Crippen LogP contribution is 2.28. The maximum Gasteiger partial charge on any atom is 0.251 e. The third-order valence-corrected chi connectivity index (χ3v) is 4.27. The molecule has 162 valence electrons. The van der Waals surface area contributed by atoms with Gasteiger partial charge >= 0.3 is 0 Å². The Bertz CT molecular complexity index is 838. The molecule has 0 aliphatic heterocycles. The molecule has 0 heterocycles. The fourth-order valence-electron chi connectivity index (χ4n) is 2.79. The third kappa shape index (κ3) is 7.08. The fourth-order valence-corrected chi connectivity index (χ4v) is 2.79. The van der Waals surface area contributed by atoms with Crippen molar-refractivity contribution >= 4 is 11.8 Å². The summed E-state index contributed by atoms with van der Waals surface area (Å²) >= 11 is 0. The van der Waals surface area contributed by atoms with Crippen LogP contribution in [-0.2, 0) is 22.7 Å². The van der Waals surface area contributed by atoms with E-state index in [1.807, 2.05) is 45.0 Å². The van der Waals surface area contributed by atoms with Crippen molar-refractivity contribution in [2.45, 2.75) is 33.9 Å². The van der Waals surface area contributed by atoms with Gasteiger partial charge in [-0.2, -0.15) is 0 Å². The predicted octanol–water partition coefficient (Wildman–Crippen LogP) is 3.07. The number of hydrogen-bond donors (Lipinski definition) is 2. The van der Waals surface area contributed by atoms with E-state index in [-0.39, 0.29) is 18.4 Å². The molecule has 0 aromatic heterocycles. The van der Waals surface area contributed by atoms with E-state index in [2.05, 4.69) is 10.6 Å². The maximum atomic E-state index is 12.4. The summed E-state index contributed by atoms with van der Waals surface area (Å²) in [5.74, 6) is 0.457. The number of rotatable bonds is 12. The lowest BCUT2D eigenvalue weighted by atomic mass is 10.1. The Kier molecular flexibility index (Phi) is 9.67. The van der Waals surface area contributed by atoms with Crippen LogP contribution in [0.2, 0.25) is 0 Å². The molecule has 7 heteroatoms. The summed E-state index contributed by atoms with van der Waals surface area (Å²) in [6, 6.07) is 12.7. The zero-order chi connectivity index (χ0) is 21.8. The molecule has 0 unspecified atom stereocenters. The number of ether oxygens (including phenoxy) is 3. The van der Waals surface area contributed by atoms with Gasteiger partial charge in [0.05, 0.1) is 26.4 Å². The Labute approximate surface area is 177 Å². The monoisotopic (exact) mass is 414 g/mol. The molecule has 0 atom stereocenters. The van der Waals surface area contributed by atoms with E-state index >= 15 is 0 Å². The number of benzene rings is 2. The Morgan fingerprint density at radius 2 is 1.53 bits per heavy atom. The molecule has 7 nitrogen and oxygen atoms in total. The Morgan fingerprint density at radius 1 is 0.833 bits per heavy atom. The third-order valence-electron chi connectivity index (χ3n) is 4.27. The zero-order valence-electron chi connectivity index (χ0n) is 17.8. The second-order valence-corrected chi connectivity index (χ2v) is 6.39. The van der Waals surface area contributed by atoms with Crippen molar-refractivity contribution in [3.63, 3.8) is 0 Å². The molecule has 2 aromatic carbocycles. The maximum absolute atomic E-state index is 12.4. The normalized spacial score (nSPS) is 10.4. The van der Waals surface area contributed by atoms with E-state index in [9.17, 15) is 9.59 Å². The molecule has 0 fully saturated rings. The van der Waals surface area contributed by atoms with Crippen molar-refractivity contribution in [3.8, 4) is 11.5 Å². The van der Waals surface area contributed by atoms with Crippen LogP contribution in [0.25, 0.3) is 0 Å². The van der Waals surface area contributed by atoms with E-state index in [1.165, 1.54) is 0 Å². The average Bonchev–Trinajstić information content (AvgIpc) is 2.76. The topological polar surface area (TPSA) is 85.9 Å². The van der Waals surface area contributed by atoms with Gasteiger partial charge in [0.15, 0.2) is 11.5 Å². The first kappa shape index (κ1) is 23.2. The highest BCUT2D eigenvalue weighted by Gasteiger charge is 2.13. The summed E-state index contributed by atoms with van der Waals surface area (Å²) in [6.07, 6.45) is 0. The molecule has 30 heavy (non-hydrogen) atoms. The smallest absolute Gasteiger partial charge is 0.251 e. The number of carbonyl (C=O) groups excluding carboxylic acids is 2. The number of carbonyl (C=O) groups is 2. The molecule has 0 spiro atoms. The van der Waals surface area contributed by atoms with Gasteiger partial charge in [-0.3, -0.25) is 9.59 Å². The van der Waals surface area contributed by atoms with Crippen LogP contribution in [0.4, 0.5) is 0 Å². The molecule has 2 amide bonds. The first-order valence-corrected chi connectivity index (χ1v) is 10.2. The quantitative estimate of drug-likeness (QED) is 0.558. The summed E-state index contributed by atoms with van der Waals surface area (Å²) in [4.78, 5) is 24.6. The highest BCUT2D eigenvalue weighted by atomic mass is 16.5. The van der Waals surface area contributed by atoms with Gasteiger partial charge < -0.3 is 24.8 Å². The van der Waals surface area contributed by atoms with Crippen LogP contribution in [0.5, 0.6) is 11.5 Å². The summed E-state index contributed by atoms with van der Waals surface area (Å²) in [5.41, 5.74) is 2.41. The SMILES string of the molecule is CCOCc1ccccc1CNC(=O)CNC(=O)c1ccc(OCC)c(OCC)c1. The Balaban J connectivity index is 1.89. The van der Waals surface area contributed by atoms with Crippen molar-refractivity contribution in [2.24, 2.45) is 0 Å². The summed E-state index contributed by atoms with van der Waals surface area (Å²) in [5, 5.41) is 5.46. The summed E-state index contributed by atoms with van der Waals surface area (Å²) in [7, 11) is 0. The average molecular weight is 415 g/mol. The molecule has 0 bridgehead atoms. The van der Waals surface area contributed by atoms with Gasteiger partial charge in [0.1, 0.15) is 0 Å². The molecule has 0 radical (unpaired) electrons. The second kappa shape index (κ2) is 12.5. The van der Waals surface area contributed by atoms with E-state index in [1.54, 1.807) is 18.2 Å². The van der Waals surface area contributed by atoms with E-state index < -0.39 is 0 Å². The minimum absolute atomic E-state index is 0.121. The van der Waals surface area contributed by atoms with Crippen LogP contribution < -0.4 is 20.1 Å². The van der Waals surface area contributed by atoms with Crippen LogP contribution >= 0.6 is 0 Å². The van der Waals surface area contributed by atoms with Gasteiger partial charge in [-0.25, -0.2) is 0 Å². The molecule has 0 saturated heterocycles. The summed E-state index contributed by atoms with van der Waals surface area (Å²) < 4.78 is 16.5. The lowest BCUT2D eigenvalue weighted by Gasteiger charge is -2.13. The largest absolute Gasteiger partial charge is 0.490 e. The van der Waals surface area contributed by atoms with E-state index in [0.717, 1.165) is 11.1 Å². The van der Waals surface area contributed by atoms with E-state index in [0.29, 0.717) is 50.0 Å². The molecule has 2 N–H and O–H groups in total. The molecular formula is C23H30N2O5. The first-order chi connectivity index (χ1) is 14.6. The molecule has 0 aliphatic carbocycles. The minimum Gasteiger partial charge on any atom is -0.490 e. The second-order valence-electron chi connectivity index (χ2n) is 6.39. The van der Waals surface area contributed by atoms with Gasteiger partial charge in [-0.15, -0.1) is 0 Å². The Hall–Kier alpha value is -3.06. The van der Waals surface area contributed by atoms with Crippen molar-refractivity contribution in [1.29, 1.82) is 0 Å². The zero-order valence-corrected chi connectivity index (χ0v) is 17.8. The van der Waals surface area contributed by atoms with Crippen molar-refractivity contribution in [2.75, 3.05) is 26.4 Å². The molecule has 2 rings (SSSR count). The van der Waals surface area contributed by atoms with Crippen molar-refractivity contribution in [1.82, 2.24) is 10.6 Å². The number of amides is 2. The van der Waals surface area contributed by atoms with Crippen molar-refractivity contribution < 1.29 is 23.8 Å². The van der Waals surface area contributed by atoms with Crippen LogP contribution in [0.1, 0.15) is 42.3 Å². The van der Waals surface area contributed by atoms with Crippen LogP contribution in [0.15, 0.2) is 42.5 Å². The molecule has 0 saturated carbocycles. The van der Waals surface area contributed by atoms with Crippen LogP contribution in [-0.4, -0.2) is 38.2 Å². The number of hydrogen-bond acceptors (Lipinski definition) is 5. The fraction of sp³-hybridized carbons (Fsp3) is 0.391. The predicted molar refractivity (Wildman–Crippen MR) is 115 cm³/mol. The van der Waals surface area contributed by atoms with E-state index in [4.69, 9.17) is 14.2 Å². The lowest BCUT2D eigenvalue weighted by molar-refractivity contribution is -0.120. The summed E-state index contributed by atoms with van der Waals surface area (Å²) in [6.45, 7) is 8.01. The lowest BCUT2D eigenvalue weighted by Crippen LogP contribution is -2.36. The van der Waals surface area contributed by atoms with Gasteiger partial charge in [0.25, 0.3) is 5.91 Å². The first-order valence-electron chi connectivity index (χ1n) is 10.2. The van der Waals surface area contributed by atoms with Gasteiger partial charge in [0, 0.05) is 18.7 Å². The van der Waals surface area contributed by atoms with Gasteiger partial charge in [-0.05, 0) is 50.1 Å². The highest BCUT2D eigenvalue weighted by molar-refractivity contribution is 5.97. The minimum atomic E-state index is -0.356. The van der Waals surface area contributed by atoms with Gasteiger partial charge in [-0.1, -0.05) is 24.3 Å².